The molecule has 2 aromatic rings. The molecule has 7 heteroatoms. The summed E-state index contributed by atoms with van der Waals surface area (Å²) in [6.45, 7) is 6.99. The van der Waals surface area contributed by atoms with Crippen LogP contribution in [0.25, 0.3) is 0 Å². The molecule has 2 heterocycles. The van der Waals surface area contributed by atoms with Gasteiger partial charge in [-0.25, -0.2) is 4.68 Å². The van der Waals surface area contributed by atoms with Crippen LogP contribution in [0.3, 0.4) is 0 Å². The lowest BCUT2D eigenvalue weighted by molar-refractivity contribution is -0.126. The minimum Gasteiger partial charge on any atom is -0.494 e. The van der Waals surface area contributed by atoms with Crippen LogP contribution in [-0.2, 0) is 22.7 Å². The Labute approximate surface area is 152 Å². The van der Waals surface area contributed by atoms with Gasteiger partial charge in [-0.05, 0) is 26.8 Å². The predicted molar refractivity (Wildman–Crippen MR) is 98.0 cm³/mol. The molecular weight excluding hydrogens is 332 g/mol. The molecule has 3 rings (SSSR count). The SMILES string of the molecule is CCOc1ccccc1CNC(=O)[C@@H](C)N1C(=O)CCn2nc(C)cc21. The van der Waals surface area contributed by atoms with Gasteiger partial charge in [0.15, 0.2) is 0 Å². The van der Waals surface area contributed by atoms with Crippen LogP contribution in [0.15, 0.2) is 30.3 Å². The number of fused-ring (bicyclic) bond motifs is 1. The Kier molecular flexibility index (Phi) is 5.25. The number of carbonyl (C=O) groups excluding carboxylic acids is 2. The number of ether oxygens (including phenoxy) is 1. The van der Waals surface area contributed by atoms with Gasteiger partial charge in [0.2, 0.25) is 11.8 Å². The summed E-state index contributed by atoms with van der Waals surface area (Å²) in [5.41, 5.74) is 1.73. The Bertz CT molecular complexity index is 815. The van der Waals surface area contributed by atoms with Crippen molar-refractivity contribution in [2.24, 2.45) is 0 Å². The van der Waals surface area contributed by atoms with Crippen molar-refractivity contribution >= 4 is 17.6 Å². The first-order valence-corrected chi connectivity index (χ1v) is 8.86. The molecule has 0 bridgehead atoms. The molecule has 0 aliphatic carbocycles. The molecule has 0 saturated heterocycles. The fourth-order valence-corrected chi connectivity index (χ4v) is 3.15. The topological polar surface area (TPSA) is 76.5 Å². The summed E-state index contributed by atoms with van der Waals surface area (Å²) in [6.07, 6.45) is 0.346. The van der Waals surface area contributed by atoms with Crippen LogP contribution < -0.4 is 15.0 Å². The quantitative estimate of drug-likeness (QED) is 0.859. The number of hydrogen-bond donors (Lipinski definition) is 1. The van der Waals surface area contributed by atoms with E-state index >= 15 is 0 Å². The van der Waals surface area contributed by atoms with Gasteiger partial charge in [-0.15, -0.1) is 0 Å². The summed E-state index contributed by atoms with van der Waals surface area (Å²) in [4.78, 5) is 26.6. The van der Waals surface area contributed by atoms with Gasteiger partial charge in [-0.1, -0.05) is 18.2 Å². The Morgan fingerprint density at radius 3 is 2.92 bits per heavy atom. The number of aryl methyl sites for hydroxylation is 2. The molecule has 138 valence electrons. The second-order valence-corrected chi connectivity index (χ2v) is 6.32. The normalized spacial score (nSPS) is 14.7. The van der Waals surface area contributed by atoms with Gasteiger partial charge in [0.25, 0.3) is 0 Å². The van der Waals surface area contributed by atoms with Crippen molar-refractivity contribution in [1.82, 2.24) is 15.1 Å². The van der Waals surface area contributed by atoms with Crippen LogP contribution in [0.4, 0.5) is 5.82 Å². The summed E-state index contributed by atoms with van der Waals surface area (Å²) in [5.74, 6) is 1.16. The third-order valence-electron chi connectivity index (χ3n) is 4.43. The van der Waals surface area contributed by atoms with Gasteiger partial charge in [0, 0.05) is 24.6 Å². The summed E-state index contributed by atoms with van der Waals surface area (Å²) in [5, 5.41) is 7.29. The maximum Gasteiger partial charge on any atom is 0.243 e. The van der Waals surface area contributed by atoms with Crippen LogP contribution in [0.2, 0.25) is 0 Å². The monoisotopic (exact) mass is 356 g/mol. The predicted octanol–water partition coefficient (Wildman–Crippen LogP) is 2.03. The van der Waals surface area contributed by atoms with E-state index in [1.165, 1.54) is 4.90 Å². The fourth-order valence-electron chi connectivity index (χ4n) is 3.15. The number of nitrogens with one attached hydrogen (secondary N) is 1. The van der Waals surface area contributed by atoms with Gasteiger partial charge in [-0.3, -0.25) is 14.5 Å². The summed E-state index contributed by atoms with van der Waals surface area (Å²) in [6, 6.07) is 8.82. The van der Waals surface area contributed by atoms with E-state index < -0.39 is 6.04 Å². The van der Waals surface area contributed by atoms with Gasteiger partial charge >= 0.3 is 0 Å². The number of hydrogen-bond acceptors (Lipinski definition) is 4. The molecule has 1 aliphatic heterocycles. The molecule has 7 nitrogen and oxygen atoms in total. The number of benzene rings is 1. The second-order valence-electron chi connectivity index (χ2n) is 6.32. The van der Waals surface area contributed by atoms with Crippen molar-refractivity contribution in [2.75, 3.05) is 11.5 Å². The Balaban J connectivity index is 1.71. The summed E-state index contributed by atoms with van der Waals surface area (Å²) < 4.78 is 7.37. The third-order valence-corrected chi connectivity index (χ3v) is 4.43. The first-order chi connectivity index (χ1) is 12.5. The zero-order valence-corrected chi connectivity index (χ0v) is 15.4. The van der Waals surface area contributed by atoms with Crippen LogP contribution in [-0.4, -0.2) is 34.2 Å². The van der Waals surface area contributed by atoms with Crippen molar-refractivity contribution in [1.29, 1.82) is 0 Å². The Hall–Kier alpha value is -2.83. The lowest BCUT2D eigenvalue weighted by Gasteiger charge is -2.31. The zero-order valence-electron chi connectivity index (χ0n) is 15.4. The standard InChI is InChI=1S/C19H24N4O3/c1-4-26-16-8-6-5-7-15(16)12-20-19(25)14(3)23-17-11-13(2)21-22(17)10-9-18(23)24/h5-8,11,14H,4,9-10,12H2,1-3H3,(H,20,25)/t14-/m1/s1. The van der Waals surface area contributed by atoms with Crippen molar-refractivity contribution < 1.29 is 14.3 Å². The summed E-state index contributed by atoms with van der Waals surface area (Å²) in [7, 11) is 0. The molecule has 26 heavy (non-hydrogen) atoms. The number of carbonyl (C=O) groups is 2. The molecule has 0 unspecified atom stereocenters. The lowest BCUT2D eigenvalue weighted by atomic mass is 10.1. The molecule has 0 radical (unpaired) electrons. The molecule has 0 saturated carbocycles. The molecule has 0 spiro atoms. The number of aromatic nitrogens is 2. The molecule has 1 aromatic heterocycles. The first-order valence-electron chi connectivity index (χ1n) is 8.86. The Morgan fingerprint density at radius 1 is 1.38 bits per heavy atom. The van der Waals surface area contributed by atoms with Crippen molar-refractivity contribution in [3.05, 3.63) is 41.6 Å². The van der Waals surface area contributed by atoms with Gasteiger partial charge in [0.1, 0.15) is 17.6 Å². The minimum absolute atomic E-state index is 0.0604. The zero-order chi connectivity index (χ0) is 18.7. The minimum atomic E-state index is -0.614. The highest BCUT2D eigenvalue weighted by molar-refractivity contribution is 6.00. The molecular formula is C19H24N4O3. The van der Waals surface area contributed by atoms with Crippen LogP contribution >= 0.6 is 0 Å². The second kappa shape index (κ2) is 7.59. The lowest BCUT2D eigenvalue weighted by Crippen LogP contribution is -2.50. The van der Waals surface area contributed by atoms with E-state index in [1.807, 2.05) is 44.2 Å². The van der Waals surface area contributed by atoms with E-state index in [9.17, 15) is 9.59 Å². The average Bonchev–Trinajstić information content (AvgIpc) is 3.00. The average molecular weight is 356 g/mol. The molecule has 1 aromatic carbocycles. The summed E-state index contributed by atoms with van der Waals surface area (Å²) >= 11 is 0. The van der Waals surface area contributed by atoms with E-state index in [-0.39, 0.29) is 11.8 Å². The van der Waals surface area contributed by atoms with E-state index in [0.29, 0.717) is 31.9 Å². The largest absolute Gasteiger partial charge is 0.494 e. The van der Waals surface area contributed by atoms with Gasteiger partial charge < -0.3 is 10.1 Å². The number of para-hydroxylation sites is 1. The highest BCUT2D eigenvalue weighted by Gasteiger charge is 2.33. The molecule has 0 fully saturated rings. The van der Waals surface area contributed by atoms with Crippen molar-refractivity contribution in [3.8, 4) is 5.75 Å². The fraction of sp³-hybridized carbons (Fsp3) is 0.421. The number of amides is 2. The first kappa shape index (κ1) is 18.0. The van der Waals surface area contributed by atoms with E-state index in [1.54, 1.807) is 11.6 Å². The third kappa shape index (κ3) is 3.56. The molecule has 1 N–H and O–H groups in total. The number of anilines is 1. The van der Waals surface area contributed by atoms with Gasteiger partial charge in [-0.2, -0.15) is 5.10 Å². The van der Waals surface area contributed by atoms with Crippen LogP contribution in [0, 0.1) is 6.92 Å². The van der Waals surface area contributed by atoms with E-state index in [2.05, 4.69) is 10.4 Å². The maximum atomic E-state index is 12.7. The smallest absolute Gasteiger partial charge is 0.243 e. The van der Waals surface area contributed by atoms with Gasteiger partial charge in [0.05, 0.1) is 18.8 Å². The van der Waals surface area contributed by atoms with E-state index in [0.717, 1.165) is 17.0 Å². The van der Waals surface area contributed by atoms with Crippen molar-refractivity contribution in [3.63, 3.8) is 0 Å². The number of nitrogens with zero attached hydrogens (tertiary/aromatic N) is 3. The number of rotatable bonds is 6. The highest BCUT2D eigenvalue weighted by Crippen LogP contribution is 2.25. The highest BCUT2D eigenvalue weighted by atomic mass is 16.5. The van der Waals surface area contributed by atoms with Crippen LogP contribution in [0.1, 0.15) is 31.5 Å². The molecule has 1 aliphatic rings. The molecule has 2 amide bonds. The van der Waals surface area contributed by atoms with E-state index in [4.69, 9.17) is 4.74 Å². The Morgan fingerprint density at radius 2 is 2.15 bits per heavy atom. The maximum absolute atomic E-state index is 12.7. The molecule has 1 atom stereocenters. The van der Waals surface area contributed by atoms with Crippen LogP contribution in [0.5, 0.6) is 5.75 Å². The van der Waals surface area contributed by atoms with Crippen molar-refractivity contribution in [2.45, 2.75) is 46.3 Å².